The molecule has 0 saturated carbocycles. The maximum atomic E-state index is 13.8. The Morgan fingerprint density at radius 1 is 1.22 bits per heavy atom. The van der Waals surface area contributed by atoms with E-state index in [1.54, 1.807) is 6.92 Å². The summed E-state index contributed by atoms with van der Waals surface area (Å²) in [5, 5.41) is 9.23. The third-order valence-corrected chi connectivity index (χ3v) is 6.01. The molecule has 1 aromatic carbocycles. The summed E-state index contributed by atoms with van der Waals surface area (Å²) >= 11 is 0. The number of halogens is 3. The molecule has 0 aliphatic carbocycles. The molecule has 0 bridgehead atoms. The van der Waals surface area contributed by atoms with Crippen molar-refractivity contribution >= 4 is 26.7 Å². The van der Waals surface area contributed by atoms with Crippen molar-refractivity contribution in [1.82, 2.24) is 24.3 Å². The predicted octanol–water partition coefficient (Wildman–Crippen LogP) is 0.692. The normalized spacial score (nSPS) is 14.4. The fourth-order valence-electron chi connectivity index (χ4n) is 3.17. The molecule has 0 fully saturated rings. The smallest absolute Gasteiger partial charge is 0.296 e. The minimum Gasteiger partial charge on any atom is -0.296 e. The van der Waals surface area contributed by atoms with Crippen molar-refractivity contribution in [2.45, 2.75) is 31.8 Å². The van der Waals surface area contributed by atoms with Crippen LogP contribution in [-0.4, -0.2) is 38.5 Å². The standard InChI is InChI=1S/C17H17F3N6O5S/c1-3-8(2)13(27)15(32(21,30)31)26-11-5-10(17(18,19)20)12(25-6-22-23-7-25)4-9(11)14(28)24-16(26)29/h4-8,15H,3H2,1-2H3,(H2,21,30,31)(H,24,28,29). The molecule has 2 heterocycles. The van der Waals surface area contributed by atoms with E-state index < -0.39 is 66.7 Å². The van der Waals surface area contributed by atoms with Gasteiger partial charge in [0.25, 0.3) is 5.56 Å². The summed E-state index contributed by atoms with van der Waals surface area (Å²) in [5.74, 6) is -1.91. The van der Waals surface area contributed by atoms with Gasteiger partial charge in [0, 0.05) is 5.92 Å². The highest BCUT2D eigenvalue weighted by Crippen LogP contribution is 2.36. The number of hydrogen-bond donors (Lipinski definition) is 2. The average molecular weight is 474 g/mol. The molecule has 2 aromatic heterocycles. The molecule has 0 saturated heterocycles. The van der Waals surface area contributed by atoms with Gasteiger partial charge in [-0.2, -0.15) is 13.2 Å². The van der Waals surface area contributed by atoms with Crippen LogP contribution >= 0.6 is 0 Å². The van der Waals surface area contributed by atoms with Crippen molar-refractivity contribution in [3.8, 4) is 5.69 Å². The molecule has 0 aliphatic rings. The van der Waals surface area contributed by atoms with Gasteiger partial charge >= 0.3 is 11.9 Å². The summed E-state index contributed by atoms with van der Waals surface area (Å²) in [5.41, 5.74) is -5.09. The summed E-state index contributed by atoms with van der Waals surface area (Å²) < 4.78 is 67.2. The molecule has 2 atom stereocenters. The van der Waals surface area contributed by atoms with E-state index in [-0.39, 0.29) is 11.0 Å². The highest BCUT2D eigenvalue weighted by molar-refractivity contribution is 7.89. The molecule has 3 aromatic rings. The van der Waals surface area contributed by atoms with Crippen LogP contribution in [0.1, 0.15) is 31.2 Å². The Balaban J connectivity index is 2.51. The molecular formula is C17H17F3N6O5S. The van der Waals surface area contributed by atoms with Crippen molar-refractivity contribution in [2.75, 3.05) is 0 Å². The number of fused-ring (bicyclic) bond motifs is 1. The van der Waals surface area contributed by atoms with Gasteiger partial charge in [-0.15, -0.1) is 10.2 Å². The van der Waals surface area contributed by atoms with Crippen molar-refractivity contribution in [2.24, 2.45) is 11.1 Å². The Morgan fingerprint density at radius 2 is 1.81 bits per heavy atom. The molecule has 0 aliphatic heterocycles. The van der Waals surface area contributed by atoms with E-state index >= 15 is 0 Å². The summed E-state index contributed by atoms with van der Waals surface area (Å²) in [7, 11) is -4.82. The van der Waals surface area contributed by atoms with Crippen LogP contribution in [0.5, 0.6) is 0 Å². The molecule has 0 radical (unpaired) electrons. The number of ketones is 1. The Morgan fingerprint density at radius 3 is 2.31 bits per heavy atom. The zero-order valence-corrected chi connectivity index (χ0v) is 17.4. The summed E-state index contributed by atoms with van der Waals surface area (Å²) in [6.45, 7) is 2.95. The third-order valence-electron chi connectivity index (χ3n) is 4.95. The first-order valence-corrected chi connectivity index (χ1v) is 10.7. The number of nitrogens with two attached hydrogens (primary N) is 1. The second-order valence-corrected chi connectivity index (χ2v) is 8.66. The number of Topliss-reactive ketones (excluding diaryl/α,β-unsaturated/α-hetero) is 1. The quantitative estimate of drug-likeness (QED) is 0.531. The zero-order valence-electron chi connectivity index (χ0n) is 16.6. The molecule has 0 amide bonds. The van der Waals surface area contributed by atoms with Gasteiger partial charge in [-0.3, -0.25) is 23.7 Å². The molecule has 3 N–H and O–H groups in total. The van der Waals surface area contributed by atoms with E-state index in [1.165, 1.54) is 6.92 Å². The number of alkyl halides is 3. The number of rotatable bonds is 6. The molecule has 15 heteroatoms. The summed E-state index contributed by atoms with van der Waals surface area (Å²) in [6.07, 6.45) is -2.90. The second-order valence-electron chi connectivity index (χ2n) is 7.04. The number of benzene rings is 1. The minimum absolute atomic E-state index is 0.173. The van der Waals surface area contributed by atoms with E-state index in [0.29, 0.717) is 6.07 Å². The highest BCUT2D eigenvalue weighted by Gasteiger charge is 2.39. The number of nitrogens with zero attached hydrogens (tertiary/aromatic N) is 4. The average Bonchev–Trinajstić information content (AvgIpc) is 3.22. The van der Waals surface area contributed by atoms with Gasteiger partial charge < -0.3 is 0 Å². The molecule has 172 valence electrons. The van der Waals surface area contributed by atoms with Crippen molar-refractivity contribution < 1.29 is 26.4 Å². The van der Waals surface area contributed by atoms with Crippen LogP contribution in [0.4, 0.5) is 13.2 Å². The van der Waals surface area contributed by atoms with Crippen LogP contribution in [0.2, 0.25) is 0 Å². The monoisotopic (exact) mass is 474 g/mol. The Labute approximate surface area is 177 Å². The fourth-order valence-corrected chi connectivity index (χ4v) is 4.23. The lowest BCUT2D eigenvalue weighted by Gasteiger charge is -2.22. The summed E-state index contributed by atoms with van der Waals surface area (Å²) in [6, 6.07) is 1.22. The number of nitrogens with one attached hydrogen (secondary N) is 1. The van der Waals surface area contributed by atoms with E-state index in [9.17, 15) is 36.0 Å². The topological polar surface area (TPSA) is 163 Å². The van der Waals surface area contributed by atoms with Gasteiger partial charge in [-0.1, -0.05) is 13.8 Å². The second kappa shape index (κ2) is 7.98. The van der Waals surface area contributed by atoms with Crippen LogP contribution in [-0.2, 0) is 21.0 Å². The van der Waals surface area contributed by atoms with Gasteiger partial charge in [0.2, 0.25) is 15.4 Å². The van der Waals surface area contributed by atoms with Crippen LogP contribution in [0, 0.1) is 5.92 Å². The van der Waals surface area contributed by atoms with Crippen LogP contribution < -0.4 is 16.4 Å². The lowest BCUT2D eigenvalue weighted by Crippen LogP contribution is -2.43. The Bertz CT molecular complexity index is 1410. The largest absolute Gasteiger partial charge is 0.418 e. The Kier molecular flexibility index (Phi) is 5.82. The summed E-state index contributed by atoms with van der Waals surface area (Å²) in [4.78, 5) is 39.6. The number of carbonyl (C=O) groups excluding carboxylic acids is 1. The first-order valence-electron chi connectivity index (χ1n) is 9.07. The molecular weight excluding hydrogens is 457 g/mol. The van der Waals surface area contributed by atoms with E-state index in [1.807, 2.05) is 4.98 Å². The molecule has 3 rings (SSSR count). The molecule has 11 nitrogen and oxygen atoms in total. The number of aromatic nitrogens is 5. The fraction of sp³-hybridized carbons (Fsp3) is 0.353. The van der Waals surface area contributed by atoms with E-state index in [0.717, 1.165) is 23.3 Å². The van der Waals surface area contributed by atoms with Gasteiger partial charge in [0.1, 0.15) is 12.7 Å². The number of carbonyl (C=O) groups is 1. The minimum atomic E-state index is -4.99. The first-order chi connectivity index (χ1) is 14.8. The lowest BCUT2D eigenvalue weighted by atomic mass is 10.0. The predicted molar refractivity (Wildman–Crippen MR) is 105 cm³/mol. The number of sulfonamides is 1. The molecule has 32 heavy (non-hydrogen) atoms. The maximum Gasteiger partial charge on any atom is 0.418 e. The van der Waals surface area contributed by atoms with Gasteiger partial charge in [-0.05, 0) is 18.6 Å². The van der Waals surface area contributed by atoms with Crippen LogP contribution in [0.25, 0.3) is 16.6 Å². The highest BCUT2D eigenvalue weighted by atomic mass is 32.2. The maximum absolute atomic E-state index is 13.8. The zero-order chi connectivity index (χ0) is 24.0. The SMILES string of the molecule is CCC(C)C(=O)C(n1c(=O)[nH]c(=O)c2cc(-n3cnnc3)c(C(F)(F)F)cc21)S(N)(=O)=O. The Hall–Kier alpha value is -3.33. The first kappa shape index (κ1) is 23.3. The van der Waals surface area contributed by atoms with Gasteiger partial charge in [0.05, 0.1) is 22.2 Å². The number of aromatic amines is 1. The van der Waals surface area contributed by atoms with Crippen LogP contribution in [0.15, 0.2) is 34.4 Å². The van der Waals surface area contributed by atoms with Crippen molar-refractivity contribution in [3.05, 3.63) is 51.2 Å². The number of hydrogen-bond acceptors (Lipinski definition) is 7. The van der Waals surface area contributed by atoms with E-state index in [4.69, 9.17) is 5.14 Å². The lowest BCUT2D eigenvalue weighted by molar-refractivity contribution is -0.137. The van der Waals surface area contributed by atoms with Gasteiger partial charge in [0.15, 0.2) is 5.78 Å². The van der Waals surface area contributed by atoms with Crippen molar-refractivity contribution in [1.29, 1.82) is 0 Å². The van der Waals surface area contributed by atoms with Crippen LogP contribution in [0.3, 0.4) is 0 Å². The molecule has 0 spiro atoms. The van der Waals surface area contributed by atoms with Crippen molar-refractivity contribution in [3.63, 3.8) is 0 Å². The number of primary sulfonamides is 1. The van der Waals surface area contributed by atoms with Gasteiger partial charge in [-0.25, -0.2) is 18.4 Å². The third kappa shape index (κ3) is 4.08. The van der Waals surface area contributed by atoms with E-state index in [2.05, 4.69) is 10.2 Å². The molecule has 2 unspecified atom stereocenters. The number of H-pyrrole nitrogens is 1.